The first-order valence-electron chi connectivity index (χ1n) is 5.05. The molecule has 1 aromatic carbocycles. The van der Waals surface area contributed by atoms with Crippen LogP contribution in [0.15, 0.2) is 12.1 Å². The summed E-state index contributed by atoms with van der Waals surface area (Å²) < 4.78 is 10.6. The van der Waals surface area contributed by atoms with Crippen molar-refractivity contribution in [3.63, 3.8) is 0 Å². The maximum absolute atomic E-state index is 5.76. The van der Waals surface area contributed by atoms with Gasteiger partial charge in [-0.15, -0.1) is 0 Å². The molecule has 0 heterocycles. The van der Waals surface area contributed by atoms with Crippen LogP contribution in [-0.2, 0) is 6.42 Å². The lowest BCUT2D eigenvalue weighted by Gasteiger charge is -2.13. The highest BCUT2D eigenvalue weighted by molar-refractivity contribution is 5.47. The highest BCUT2D eigenvalue weighted by Crippen LogP contribution is 2.29. The second-order valence-corrected chi connectivity index (χ2v) is 3.81. The number of hydrogen-bond donors (Lipinski definition) is 1. The molecular formula is C12H19NO2. The van der Waals surface area contributed by atoms with Crippen LogP contribution in [0.25, 0.3) is 0 Å². The second-order valence-electron chi connectivity index (χ2n) is 3.81. The first kappa shape index (κ1) is 11.9. The Morgan fingerprint density at radius 2 is 1.67 bits per heavy atom. The summed E-state index contributed by atoms with van der Waals surface area (Å²) in [6, 6.07) is 4.17. The summed E-state index contributed by atoms with van der Waals surface area (Å²) in [6.07, 6.45) is 0.826. The van der Waals surface area contributed by atoms with Gasteiger partial charge < -0.3 is 15.2 Å². The summed E-state index contributed by atoms with van der Waals surface area (Å²) >= 11 is 0. The van der Waals surface area contributed by atoms with Crippen molar-refractivity contribution < 1.29 is 9.47 Å². The van der Waals surface area contributed by atoms with E-state index < -0.39 is 0 Å². The molecule has 0 aromatic heterocycles. The molecule has 3 nitrogen and oxygen atoms in total. The van der Waals surface area contributed by atoms with Crippen LogP contribution < -0.4 is 15.2 Å². The number of nitrogens with two attached hydrogens (primary N) is 1. The van der Waals surface area contributed by atoms with Crippen LogP contribution in [0, 0.1) is 6.92 Å². The van der Waals surface area contributed by atoms with E-state index in [1.807, 2.05) is 26.0 Å². The van der Waals surface area contributed by atoms with E-state index in [0.29, 0.717) is 0 Å². The first-order chi connectivity index (χ1) is 7.08. The Hall–Kier alpha value is -1.22. The molecule has 0 aliphatic carbocycles. The minimum Gasteiger partial charge on any atom is -0.496 e. The topological polar surface area (TPSA) is 44.5 Å². The third-order valence-corrected chi connectivity index (χ3v) is 2.37. The van der Waals surface area contributed by atoms with Gasteiger partial charge in [-0.05, 0) is 38.0 Å². The fourth-order valence-corrected chi connectivity index (χ4v) is 1.63. The van der Waals surface area contributed by atoms with Gasteiger partial charge in [0, 0.05) is 11.6 Å². The highest BCUT2D eigenvalue weighted by atomic mass is 16.5. The zero-order valence-electron chi connectivity index (χ0n) is 9.83. The Bertz CT molecular complexity index is 309. The molecule has 0 unspecified atom stereocenters. The monoisotopic (exact) mass is 209 g/mol. The summed E-state index contributed by atoms with van der Waals surface area (Å²) in [7, 11) is 3.33. The van der Waals surface area contributed by atoms with Crippen molar-refractivity contribution in [2.45, 2.75) is 26.3 Å². The molecule has 0 aliphatic heterocycles. The minimum atomic E-state index is 0.141. The normalized spacial score (nSPS) is 12.3. The fraction of sp³-hybridized carbons (Fsp3) is 0.500. The largest absolute Gasteiger partial charge is 0.496 e. The van der Waals surface area contributed by atoms with Crippen LogP contribution in [0.1, 0.15) is 18.1 Å². The van der Waals surface area contributed by atoms with Gasteiger partial charge in [0.2, 0.25) is 0 Å². The number of benzene rings is 1. The van der Waals surface area contributed by atoms with E-state index in [9.17, 15) is 0 Å². The van der Waals surface area contributed by atoms with Gasteiger partial charge in [0.25, 0.3) is 0 Å². The molecule has 1 atom stereocenters. The van der Waals surface area contributed by atoms with Crippen molar-refractivity contribution in [1.29, 1.82) is 0 Å². The molecule has 0 bridgehead atoms. The molecule has 0 saturated carbocycles. The lowest BCUT2D eigenvalue weighted by Crippen LogP contribution is -2.17. The van der Waals surface area contributed by atoms with Gasteiger partial charge in [0.15, 0.2) is 0 Å². The second kappa shape index (κ2) is 5.03. The summed E-state index contributed by atoms with van der Waals surface area (Å²) in [5, 5.41) is 0. The molecule has 1 rings (SSSR count). The Morgan fingerprint density at radius 3 is 2.00 bits per heavy atom. The van der Waals surface area contributed by atoms with Crippen molar-refractivity contribution in [3.8, 4) is 11.5 Å². The Balaban J connectivity index is 3.09. The first-order valence-corrected chi connectivity index (χ1v) is 5.05. The van der Waals surface area contributed by atoms with Crippen LogP contribution in [0.2, 0.25) is 0 Å². The average molecular weight is 209 g/mol. The summed E-state index contributed by atoms with van der Waals surface area (Å²) in [4.78, 5) is 0. The molecule has 3 heteroatoms. The van der Waals surface area contributed by atoms with E-state index >= 15 is 0 Å². The number of ether oxygens (including phenoxy) is 2. The van der Waals surface area contributed by atoms with E-state index in [2.05, 4.69) is 0 Å². The lowest BCUT2D eigenvalue weighted by molar-refractivity contribution is 0.387. The van der Waals surface area contributed by atoms with Gasteiger partial charge >= 0.3 is 0 Å². The molecule has 0 spiro atoms. The minimum absolute atomic E-state index is 0.141. The third kappa shape index (κ3) is 2.86. The van der Waals surface area contributed by atoms with Crippen LogP contribution in [-0.4, -0.2) is 20.3 Å². The van der Waals surface area contributed by atoms with Crippen LogP contribution in [0.3, 0.4) is 0 Å². The number of methoxy groups -OCH3 is 2. The molecule has 0 saturated heterocycles. The van der Waals surface area contributed by atoms with Crippen molar-refractivity contribution >= 4 is 0 Å². The van der Waals surface area contributed by atoms with Crippen molar-refractivity contribution in [1.82, 2.24) is 0 Å². The fourth-order valence-electron chi connectivity index (χ4n) is 1.63. The Morgan fingerprint density at radius 1 is 1.20 bits per heavy atom. The van der Waals surface area contributed by atoms with Crippen molar-refractivity contribution in [2.24, 2.45) is 5.73 Å². The number of rotatable bonds is 4. The summed E-state index contributed by atoms with van der Waals surface area (Å²) in [5.74, 6) is 1.70. The molecule has 0 aliphatic rings. The Labute approximate surface area is 91.2 Å². The van der Waals surface area contributed by atoms with Gasteiger partial charge in [0.1, 0.15) is 11.5 Å². The van der Waals surface area contributed by atoms with Crippen molar-refractivity contribution in [2.75, 3.05) is 14.2 Å². The zero-order chi connectivity index (χ0) is 11.4. The van der Waals surface area contributed by atoms with Crippen LogP contribution >= 0.6 is 0 Å². The van der Waals surface area contributed by atoms with E-state index in [4.69, 9.17) is 15.2 Å². The van der Waals surface area contributed by atoms with E-state index in [0.717, 1.165) is 29.0 Å². The van der Waals surface area contributed by atoms with Gasteiger partial charge in [-0.1, -0.05) is 0 Å². The van der Waals surface area contributed by atoms with Gasteiger partial charge in [-0.2, -0.15) is 0 Å². The van der Waals surface area contributed by atoms with E-state index in [1.165, 1.54) is 0 Å². The molecule has 84 valence electrons. The predicted molar refractivity (Wildman–Crippen MR) is 61.6 cm³/mol. The van der Waals surface area contributed by atoms with E-state index in [-0.39, 0.29) is 6.04 Å². The van der Waals surface area contributed by atoms with Gasteiger partial charge in [0.05, 0.1) is 14.2 Å². The molecule has 0 amide bonds. The maximum Gasteiger partial charge on any atom is 0.125 e. The quantitative estimate of drug-likeness (QED) is 0.823. The molecule has 0 fully saturated rings. The average Bonchev–Trinajstić information content (AvgIpc) is 2.19. The molecule has 0 radical (unpaired) electrons. The highest BCUT2D eigenvalue weighted by Gasteiger charge is 2.09. The molecule has 15 heavy (non-hydrogen) atoms. The number of hydrogen-bond acceptors (Lipinski definition) is 3. The smallest absolute Gasteiger partial charge is 0.125 e. The van der Waals surface area contributed by atoms with Gasteiger partial charge in [-0.3, -0.25) is 0 Å². The Kier molecular flexibility index (Phi) is 3.97. The summed E-state index contributed by atoms with van der Waals surface area (Å²) in [5.41, 5.74) is 7.93. The lowest BCUT2D eigenvalue weighted by atomic mass is 10.0. The molecule has 2 N–H and O–H groups in total. The van der Waals surface area contributed by atoms with E-state index in [1.54, 1.807) is 14.2 Å². The standard InChI is InChI=1S/C12H19NO2/c1-8(13)5-10-6-11(14-3)9(2)12(7-10)15-4/h6-8H,5,13H2,1-4H3/t8-/m0/s1. The van der Waals surface area contributed by atoms with Gasteiger partial charge in [-0.25, -0.2) is 0 Å². The van der Waals surface area contributed by atoms with Crippen LogP contribution in [0.5, 0.6) is 11.5 Å². The predicted octanol–water partition coefficient (Wildman–Crippen LogP) is 1.90. The van der Waals surface area contributed by atoms with Crippen LogP contribution in [0.4, 0.5) is 0 Å². The molecule has 1 aromatic rings. The SMILES string of the molecule is COc1cc(C[C@H](C)N)cc(OC)c1C. The molecular weight excluding hydrogens is 190 g/mol. The maximum atomic E-state index is 5.76. The zero-order valence-corrected chi connectivity index (χ0v) is 9.83. The third-order valence-electron chi connectivity index (χ3n) is 2.37. The van der Waals surface area contributed by atoms with Crippen molar-refractivity contribution in [3.05, 3.63) is 23.3 Å². The summed E-state index contributed by atoms with van der Waals surface area (Å²) in [6.45, 7) is 3.96.